The summed E-state index contributed by atoms with van der Waals surface area (Å²) < 4.78 is 5.59. The highest BCUT2D eigenvalue weighted by Gasteiger charge is 2.42. The Bertz CT molecular complexity index is 1020. The van der Waals surface area contributed by atoms with Crippen molar-refractivity contribution in [3.8, 4) is 0 Å². The van der Waals surface area contributed by atoms with Crippen LogP contribution < -0.4 is 10.6 Å². The van der Waals surface area contributed by atoms with Crippen molar-refractivity contribution < 1.29 is 33.5 Å². The van der Waals surface area contributed by atoms with E-state index in [9.17, 15) is 28.8 Å². The van der Waals surface area contributed by atoms with Crippen LogP contribution in [-0.2, 0) is 33.5 Å². The van der Waals surface area contributed by atoms with Crippen molar-refractivity contribution in [3.63, 3.8) is 0 Å². The summed E-state index contributed by atoms with van der Waals surface area (Å²) in [5.74, 6) is -3.36. The fourth-order valence-corrected chi connectivity index (χ4v) is 5.53. The van der Waals surface area contributed by atoms with Crippen molar-refractivity contribution in [2.75, 3.05) is 27.2 Å². The number of rotatable bonds is 5. The fourth-order valence-electron chi connectivity index (χ4n) is 5.53. The number of hydrogen-bond donors (Lipinski definition) is 2. The molecule has 0 aromatic heterocycles. The Labute approximate surface area is 250 Å². The van der Waals surface area contributed by atoms with E-state index in [4.69, 9.17) is 4.74 Å². The average Bonchev–Trinajstić information content (AvgIpc) is 3.42. The molecule has 0 radical (unpaired) electrons. The first-order chi connectivity index (χ1) is 19.6. The van der Waals surface area contributed by atoms with Gasteiger partial charge in [0.1, 0.15) is 24.2 Å². The van der Waals surface area contributed by atoms with Crippen molar-refractivity contribution in [2.24, 2.45) is 17.8 Å². The number of carbonyl (C=O) groups excluding carboxylic acids is 6. The van der Waals surface area contributed by atoms with Crippen LogP contribution >= 0.6 is 0 Å². The van der Waals surface area contributed by atoms with E-state index in [0.29, 0.717) is 25.8 Å². The van der Waals surface area contributed by atoms with Crippen LogP contribution in [0.15, 0.2) is 0 Å². The SMILES string of the molecule is CC[C@H](C)[C@@H]1NC(=O)[C@@H]2CCCN2C(=O)[C@@H](CC(C)C)OC(=O)CCNC(=O)[C@H](C)N(C)C(=O)C(C(C)C)N(C)C1=O. The first-order valence-corrected chi connectivity index (χ1v) is 15.2. The summed E-state index contributed by atoms with van der Waals surface area (Å²) in [5, 5.41) is 5.57. The second kappa shape index (κ2) is 15.3. The Morgan fingerprint density at radius 1 is 0.905 bits per heavy atom. The molecule has 12 heteroatoms. The van der Waals surface area contributed by atoms with Gasteiger partial charge in [-0.15, -0.1) is 0 Å². The predicted octanol–water partition coefficient (Wildman–Crippen LogP) is 1.32. The Kier molecular flexibility index (Phi) is 12.8. The summed E-state index contributed by atoms with van der Waals surface area (Å²) >= 11 is 0. The quantitative estimate of drug-likeness (QED) is 0.457. The molecule has 2 heterocycles. The standard InChI is InChI=1S/C30H51N5O7/c1-10-19(6)24-29(40)34(9)25(18(4)5)30(41)33(8)20(7)26(37)31-14-13-23(36)42-22(16-17(2)3)28(39)35-15-11-12-21(35)27(38)32-24/h17-22,24-25H,10-16H2,1-9H3,(H,31,37)(H,32,38)/t19-,20-,21-,22+,24-,25?/m0/s1. The third kappa shape index (κ3) is 8.44. The van der Waals surface area contributed by atoms with Gasteiger partial charge in [0, 0.05) is 27.2 Å². The van der Waals surface area contributed by atoms with E-state index in [1.54, 1.807) is 14.0 Å². The van der Waals surface area contributed by atoms with Gasteiger partial charge in [0.15, 0.2) is 6.10 Å². The molecule has 0 spiro atoms. The Morgan fingerprint density at radius 2 is 1.55 bits per heavy atom. The van der Waals surface area contributed by atoms with E-state index in [-0.39, 0.29) is 37.1 Å². The summed E-state index contributed by atoms with van der Waals surface area (Å²) in [5.41, 5.74) is 0. The molecule has 0 aromatic carbocycles. The zero-order valence-electron chi connectivity index (χ0n) is 26.8. The molecule has 238 valence electrons. The highest BCUT2D eigenvalue weighted by atomic mass is 16.5. The molecule has 2 saturated heterocycles. The van der Waals surface area contributed by atoms with Crippen LogP contribution in [0.3, 0.4) is 0 Å². The molecule has 42 heavy (non-hydrogen) atoms. The normalized spacial score (nSPS) is 28.6. The highest BCUT2D eigenvalue weighted by molar-refractivity contribution is 5.96. The van der Waals surface area contributed by atoms with Crippen LogP contribution in [0, 0.1) is 17.8 Å². The molecule has 2 N–H and O–H groups in total. The molecule has 0 aliphatic carbocycles. The van der Waals surface area contributed by atoms with Gasteiger partial charge in [0.2, 0.25) is 23.6 Å². The third-order valence-corrected chi connectivity index (χ3v) is 8.44. The van der Waals surface area contributed by atoms with Crippen LogP contribution in [-0.4, -0.2) is 108 Å². The molecule has 5 amide bonds. The molecule has 6 atom stereocenters. The number of ether oxygens (including phenoxy) is 1. The van der Waals surface area contributed by atoms with Crippen LogP contribution in [0.2, 0.25) is 0 Å². The maximum atomic E-state index is 13.9. The predicted molar refractivity (Wildman–Crippen MR) is 157 cm³/mol. The lowest BCUT2D eigenvalue weighted by molar-refractivity contribution is -0.162. The lowest BCUT2D eigenvalue weighted by Gasteiger charge is -2.38. The monoisotopic (exact) mass is 593 g/mol. The summed E-state index contributed by atoms with van der Waals surface area (Å²) in [4.78, 5) is 84.6. The molecular formula is C30H51N5O7. The van der Waals surface area contributed by atoms with Crippen LogP contribution in [0.25, 0.3) is 0 Å². The van der Waals surface area contributed by atoms with Crippen molar-refractivity contribution in [3.05, 3.63) is 0 Å². The van der Waals surface area contributed by atoms with Gasteiger partial charge < -0.3 is 30.1 Å². The van der Waals surface area contributed by atoms with Gasteiger partial charge in [-0.25, -0.2) is 0 Å². The van der Waals surface area contributed by atoms with Crippen molar-refractivity contribution in [1.29, 1.82) is 0 Å². The number of likely N-dealkylation sites (N-methyl/N-ethyl adjacent to an activating group) is 2. The second-order valence-corrected chi connectivity index (χ2v) is 12.5. The Morgan fingerprint density at radius 3 is 2.12 bits per heavy atom. The molecule has 0 saturated carbocycles. The number of hydrogen-bond acceptors (Lipinski definition) is 7. The number of amides is 5. The lowest BCUT2D eigenvalue weighted by atomic mass is 9.94. The molecule has 12 nitrogen and oxygen atoms in total. The summed E-state index contributed by atoms with van der Waals surface area (Å²) in [6, 6.07) is -3.52. The smallest absolute Gasteiger partial charge is 0.308 e. The largest absolute Gasteiger partial charge is 0.452 e. The average molecular weight is 594 g/mol. The second-order valence-electron chi connectivity index (χ2n) is 12.5. The summed E-state index contributed by atoms with van der Waals surface area (Å²) in [6.45, 7) is 13.1. The van der Waals surface area contributed by atoms with Crippen molar-refractivity contribution in [1.82, 2.24) is 25.3 Å². The molecule has 0 bridgehead atoms. The minimum absolute atomic E-state index is 0.0358. The van der Waals surface area contributed by atoms with Crippen LogP contribution in [0.5, 0.6) is 0 Å². The van der Waals surface area contributed by atoms with E-state index in [0.717, 1.165) is 0 Å². The summed E-state index contributed by atoms with van der Waals surface area (Å²) in [7, 11) is 3.04. The number of carbonyl (C=O) groups is 6. The van der Waals surface area contributed by atoms with Gasteiger partial charge in [-0.05, 0) is 43.9 Å². The first-order valence-electron chi connectivity index (χ1n) is 15.2. The molecule has 2 rings (SSSR count). The van der Waals surface area contributed by atoms with E-state index in [2.05, 4.69) is 10.6 Å². The van der Waals surface area contributed by atoms with Gasteiger partial charge in [0.05, 0.1) is 6.42 Å². The van der Waals surface area contributed by atoms with Gasteiger partial charge in [-0.1, -0.05) is 48.0 Å². The van der Waals surface area contributed by atoms with Gasteiger partial charge in [-0.2, -0.15) is 0 Å². The number of nitrogens with zero attached hydrogens (tertiary/aromatic N) is 3. The Hall–Kier alpha value is -3.18. The van der Waals surface area contributed by atoms with Gasteiger partial charge in [-0.3, -0.25) is 28.8 Å². The van der Waals surface area contributed by atoms with Crippen LogP contribution in [0.4, 0.5) is 0 Å². The number of esters is 1. The lowest BCUT2D eigenvalue weighted by Crippen LogP contribution is -2.60. The topological polar surface area (TPSA) is 145 Å². The van der Waals surface area contributed by atoms with E-state index >= 15 is 0 Å². The fraction of sp³-hybridized carbons (Fsp3) is 0.800. The molecular weight excluding hydrogens is 542 g/mol. The highest BCUT2D eigenvalue weighted by Crippen LogP contribution is 2.24. The third-order valence-electron chi connectivity index (χ3n) is 8.44. The molecule has 0 aromatic rings. The van der Waals surface area contributed by atoms with E-state index < -0.39 is 65.8 Å². The molecule has 2 aliphatic rings. The number of nitrogens with one attached hydrogen (secondary N) is 2. The molecule has 1 unspecified atom stereocenters. The van der Waals surface area contributed by atoms with Crippen molar-refractivity contribution >= 4 is 35.5 Å². The van der Waals surface area contributed by atoms with E-state index in [1.165, 1.54) is 21.7 Å². The first kappa shape index (κ1) is 35.0. The number of cyclic esters (lactones) is 1. The molecule has 2 aliphatic heterocycles. The van der Waals surface area contributed by atoms with Gasteiger partial charge in [0.25, 0.3) is 5.91 Å². The van der Waals surface area contributed by atoms with Crippen molar-refractivity contribution in [2.45, 2.75) is 111 Å². The summed E-state index contributed by atoms with van der Waals surface area (Å²) in [6.07, 6.45) is 0.636. The van der Waals surface area contributed by atoms with E-state index in [1.807, 2.05) is 41.5 Å². The number of fused-ring (bicyclic) bond motifs is 1. The maximum Gasteiger partial charge on any atom is 0.308 e. The zero-order valence-corrected chi connectivity index (χ0v) is 26.8. The minimum atomic E-state index is -1.07. The van der Waals surface area contributed by atoms with Gasteiger partial charge >= 0.3 is 5.97 Å². The molecule has 2 fully saturated rings. The van der Waals surface area contributed by atoms with Crippen LogP contribution in [0.1, 0.15) is 80.6 Å². The maximum absolute atomic E-state index is 13.9. The Balaban J connectivity index is 2.54. The minimum Gasteiger partial charge on any atom is -0.452 e. The zero-order chi connectivity index (χ0) is 31.9.